The van der Waals surface area contributed by atoms with E-state index in [-0.39, 0.29) is 5.78 Å². The lowest BCUT2D eigenvalue weighted by Gasteiger charge is -2.08. The predicted octanol–water partition coefficient (Wildman–Crippen LogP) is 5.55. The third-order valence-corrected chi connectivity index (χ3v) is 5.92. The summed E-state index contributed by atoms with van der Waals surface area (Å²) in [5.74, 6) is -0.332. The maximum atomic E-state index is 15.2. The van der Waals surface area contributed by atoms with E-state index in [9.17, 15) is 4.79 Å². The fraction of sp³-hybridized carbons (Fsp3) is 0.185. The van der Waals surface area contributed by atoms with E-state index in [4.69, 9.17) is 0 Å². The first kappa shape index (κ1) is 21.9. The van der Waals surface area contributed by atoms with Crippen molar-refractivity contribution in [2.45, 2.75) is 19.8 Å². The highest BCUT2D eigenvalue weighted by atomic mass is 19.1. The molecule has 0 radical (unpaired) electrons. The monoisotopic (exact) mass is 453 g/mol. The van der Waals surface area contributed by atoms with E-state index < -0.39 is 5.82 Å². The molecule has 5 rings (SSSR count). The molecule has 170 valence electrons. The molecule has 0 atom stereocenters. The van der Waals surface area contributed by atoms with Gasteiger partial charge in [-0.3, -0.25) is 14.8 Å². The van der Waals surface area contributed by atoms with E-state index >= 15 is 4.39 Å². The smallest absolute Gasteiger partial charge is 0.162 e. The Bertz CT molecular complexity index is 1460. The molecule has 7 heteroatoms. The third kappa shape index (κ3) is 4.18. The minimum atomic E-state index is -0.419. The molecular weight excluding hydrogens is 429 g/mol. The summed E-state index contributed by atoms with van der Waals surface area (Å²) in [5, 5.41) is 4.74. The van der Waals surface area contributed by atoms with Crippen LogP contribution in [0.1, 0.15) is 30.1 Å². The highest BCUT2D eigenvalue weighted by Crippen LogP contribution is 2.36. The van der Waals surface area contributed by atoms with Gasteiger partial charge in [-0.05, 0) is 43.3 Å². The van der Waals surface area contributed by atoms with Gasteiger partial charge in [0.25, 0.3) is 0 Å². The lowest BCUT2D eigenvalue weighted by Crippen LogP contribution is -2.15. The van der Waals surface area contributed by atoms with E-state index in [0.717, 1.165) is 41.7 Å². The first-order chi connectivity index (χ1) is 16.7. The van der Waals surface area contributed by atoms with Gasteiger partial charge in [-0.2, -0.15) is 0 Å². The van der Waals surface area contributed by atoms with Crippen molar-refractivity contribution in [1.82, 2.24) is 25.3 Å². The molecular formula is C27H24FN5O. The Kier molecular flexibility index (Phi) is 6.10. The van der Waals surface area contributed by atoms with Crippen LogP contribution in [0.3, 0.4) is 0 Å². The number of nitrogens with one attached hydrogen (secondary N) is 2. The average molecular weight is 454 g/mol. The van der Waals surface area contributed by atoms with Crippen molar-refractivity contribution in [2.24, 2.45) is 0 Å². The van der Waals surface area contributed by atoms with Crippen LogP contribution in [0.2, 0.25) is 0 Å². The number of benzene rings is 1. The molecule has 34 heavy (non-hydrogen) atoms. The zero-order valence-corrected chi connectivity index (χ0v) is 18.8. The molecule has 0 bridgehead atoms. The second-order valence-corrected chi connectivity index (χ2v) is 8.14. The fourth-order valence-electron chi connectivity index (χ4n) is 4.21. The molecule has 0 unspecified atom stereocenters. The van der Waals surface area contributed by atoms with Gasteiger partial charge in [0.1, 0.15) is 11.5 Å². The second-order valence-electron chi connectivity index (χ2n) is 8.14. The summed E-state index contributed by atoms with van der Waals surface area (Å²) in [4.78, 5) is 28.7. The highest BCUT2D eigenvalue weighted by Gasteiger charge is 2.18. The maximum Gasteiger partial charge on any atom is 0.162 e. The van der Waals surface area contributed by atoms with E-state index in [1.807, 2.05) is 25.1 Å². The molecule has 5 aromatic rings. The summed E-state index contributed by atoms with van der Waals surface area (Å²) in [6.45, 7) is 3.75. The number of halogens is 1. The molecule has 0 fully saturated rings. The van der Waals surface area contributed by atoms with E-state index in [0.29, 0.717) is 34.1 Å². The van der Waals surface area contributed by atoms with Crippen molar-refractivity contribution in [3.63, 3.8) is 0 Å². The SMILES string of the molecule is CCNCCCC(=O)c1ccc(-c2c(F)cnc3[nH]c4cnc(-c5cccnc5)cc4c23)cc1. The number of H-pyrrole nitrogens is 1. The number of rotatable bonds is 8. The molecule has 0 saturated carbocycles. The van der Waals surface area contributed by atoms with Gasteiger partial charge in [-0.1, -0.05) is 31.2 Å². The molecule has 0 aliphatic carbocycles. The van der Waals surface area contributed by atoms with Crippen LogP contribution in [-0.4, -0.2) is 38.8 Å². The molecule has 4 heterocycles. The zero-order chi connectivity index (χ0) is 23.5. The maximum absolute atomic E-state index is 15.2. The summed E-state index contributed by atoms with van der Waals surface area (Å²) >= 11 is 0. The van der Waals surface area contributed by atoms with Crippen molar-refractivity contribution in [3.8, 4) is 22.4 Å². The lowest BCUT2D eigenvalue weighted by molar-refractivity contribution is 0.0980. The van der Waals surface area contributed by atoms with Gasteiger partial charge in [-0.25, -0.2) is 9.37 Å². The number of hydrogen-bond donors (Lipinski definition) is 2. The second kappa shape index (κ2) is 9.49. The van der Waals surface area contributed by atoms with Crippen molar-refractivity contribution in [3.05, 3.63) is 78.6 Å². The molecule has 0 aliphatic rings. The summed E-state index contributed by atoms with van der Waals surface area (Å²) in [5.41, 5.74) is 4.75. The molecule has 2 N–H and O–H groups in total. The standard InChI is InChI=1S/C27H24FN5O/c1-2-29-11-4-6-24(34)17-7-9-18(10-8-17)25-21(28)15-32-27-26(25)20-13-22(31-16-23(20)33-27)19-5-3-12-30-14-19/h3,5,7-10,12-16,29H,2,4,6,11H2,1H3,(H,32,33). The molecule has 0 saturated heterocycles. The van der Waals surface area contributed by atoms with E-state index in [2.05, 4.69) is 25.3 Å². The van der Waals surface area contributed by atoms with Gasteiger partial charge in [-0.15, -0.1) is 0 Å². The van der Waals surface area contributed by atoms with Crippen LogP contribution < -0.4 is 5.32 Å². The molecule has 0 amide bonds. The number of carbonyl (C=O) groups excluding carboxylic acids is 1. The Hall–Kier alpha value is -3.97. The van der Waals surface area contributed by atoms with Crippen molar-refractivity contribution < 1.29 is 9.18 Å². The number of carbonyl (C=O) groups is 1. The fourth-order valence-corrected chi connectivity index (χ4v) is 4.21. The van der Waals surface area contributed by atoms with Crippen molar-refractivity contribution >= 4 is 27.7 Å². The van der Waals surface area contributed by atoms with Gasteiger partial charge in [0.15, 0.2) is 5.78 Å². The summed E-state index contributed by atoms with van der Waals surface area (Å²) in [6, 6.07) is 12.9. The summed E-state index contributed by atoms with van der Waals surface area (Å²) < 4.78 is 15.2. The number of aromatic nitrogens is 4. The molecule has 4 aromatic heterocycles. The van der Waals surface area contributed by atoms with E-state index in [1.165, 1.54) is 6.20 Å². The Labute approximate surface area is 196 Å². The third-order valence-electron chi connectivity index (χ3n) is 5.92. The van der Waals surface area contributed by atoms with Crippen LogP contribution in [0.4, 0.5) is 4.39 Å². The Morgan fingerprint density at radius 1 is 1.06 bits per heavy atom. The largest absolute Gasteiger partial charge is 0.338 e. The van der Waals surface area contributed by atoms with Crippen LogP contribution in [0, 0.1) is 5.82 Å². The average Bonchev–Trinajstić information content (AvgIpc) is 3.25. The number of fused-ring (bicyclic) bond motifs is 3. The topological polar surface area (TPSA) is 83.6 Å². The Balaban J connectivity index is 1.55. The number of ketones is 1. The van der Waals surface area contributed by atoms with Gasteiger partial charge < -0.3 is 10.3 Å². The van der Waals surface area contributed by atoms with Gasteiger partial charge >= 0.3 is 0 Å². The molecule has 0 spiro atoms. The first-order valence-electron chi connectivity index (χ1n) is 11.4. The van der Waals surface area contributed by atoms with Gasteiger partial charge in [0.05, 0.1) is 23.6 Å². The van der Waals surface area contributed by atoms with E-state index in [1.54, 1.807) is 42.9 Å². The van der Waals surface area contributed by atoms with Crippen LogP contribution in [0.5, 0.6) is 0 Å². The highest BCUT2D eigenvalue weighted by molar-refractivity contribution is 6.13. The first-order valence-corrected chi connectivity index (χ1v) is 11.4. The Morgan fingerprint density at radius 3 is 2.68 bits per heavy atom. The lowest BCUT2D eigenvalue weighted by atomic mass is 9.98. The molecule has 6 nitrogen and oxygen atoms in total. The van der Waals surface area contributed by atoms with Crippen LogP contribution in [0.25, 0.3) is 44.3 Å². The quantitative estimate of drug-likeness (QED) is 0.238. The van der Waals surface area contributed by atoms with Gasteiger partial charge in [0.2, 0.25) is 0 Å². The number of Topliss-reactive ketones (excluding diaryl/α,β-unsaturated/α-hetero) is 1. The van der Waals surface area contributed by atoms with Crippen molar-refractivity contribution in [2.75, 3.05) is 13.1 Å². The minimum absolute atomic E-state index is 0.0871. The predicted molar refractivity (Wildman–Crippen MR) is 132 cm³/mol. The number of hydrogen-bond acceptors (Lipinski definition) is 5. The molecule has 1 aromatic carbocycles. The zero-order valence-electron chi connectivity index (χ0n) is 18.8. The number of nitrogens with zero attached hydrogens (tertiary/aromatic N) is 3. The summed E-state index contributed by atoms with van der Waals surface area (Å²) in [6.07, 6.45) is 7.68. The Morgan fingerprint density at radius 2 is 1.91 bits per heavy atom. The minimum Gasteiger partial charge on any atom is -0.338 e. The van der Waals surface area contributed by atoms with Crippen LogP contribution >= 0.6 is 0 Å². The number of aromatic amines is 1. The molecule has 0 aliphatic heterocycles. The summed E-state index contributed by atoms with van der Waals surface area (Å²) in [7, 11) is 0. The van der Waals surface area contributed by atoms with Crippen LogP contribution in [-0.2, 0) is 0 Å². The number of pyridine rings is 3. The van der Waals surface area contributed by atoms with Crippen molar-refractivity contribution in [1.29, 1.82) is 0 Å². The van der Waals surface area contributed by atoms with Crippen LogP contribution in [0.15, 0.2) is 67.3 Å². The normalized spacial score (nSPS) is 11.4. The van der Waals surface area contributed by atoms with Gasteiger partial charge in [0, 0.05) is 46.3 Å².